The molecule has 0 aliphatic heterocycles. The van der Waals surface area contributed by atoms with Gasteiger partial charge >= 0.3 is 0 Å². The van der Waals surface area contributed by atoms with E-state index in [9.17, 15) is 4.79 Å². The summed E-state index contributed by atoms with van der Waals surface area (Å²) in [6.45, 7) is 2.08. The summed E-state index contributed by atoms with van der Waals surface area (Å²) < 4.78 is 0. The van der Waals surface area contributed by atoms with Gasteiger partial charge in [0.05, 0.1) is 12.2 Å². The molecule has 0 amide bonds. The first-order chi connectivity index (χ1) is 6.63. The topological polar surface area (TPSA) is 68.0 Å². The number of halogens is 1. The van der Waals surface area contributed by atoms with Crippen molar-refractivity contribution in [2.24, 2.45) is 0 Å². The average molecular weight is 214 g/mol. The Hall–Kier alpha value is -1.29. The van der Waals surface area contributed by atoms with E-state index in [1.165, 1.54) is 0 Å². The number of aromatic nitrogens is 1. The number of Topliss-reactive ketones (excluding diaryl/α,β-unsaturated/α-hetero) is 1. The van der Waals surface area contributed by atoms with Gasteiger partial charge in [-0.2, -0.15) is 0 Å². The lowest BCUT2D eigenvalue weighted by molar-refractivity contribution is -0.117. The first-order valence-electron chi connectivity index (χ1n) is 4.31. The van der Waals surface area contributed by atoms with Crippen LogP contribution in [-0.2, 0) is 4.79 Å². The number of nitrogens with two attached hydrogens (primary N) is 1. The van der Waals surface area contributed by atoms with Crippen molar-refractivity contribution in [3.63, 3.8) is 0 Å². The molecule has 1 aromatic rings. The van der Waals surface area contributed by atoms with Gasteiger partial charge in [-0.1, -0.05) is 18.5 Å². The number of anilines is 2. The van der Waals surface area contributed by atoms with Crippen LogP contribution in [0.15, 0.2) is 12.1 Å². The maximum atomic E-state index is 11.0. The minimum atomic E-state index is 0.124. The number of nitrogens with zero attached hydrogens (tertiary/aromatic N) is 1. The zero-order valence-corrected chi connectivity index (χ0v) is 8.64. The number of carbonyl (C=O) groups excluding carboxylic acids is 1. The number of pyridine rings is 1. The fourth-order valence-electron chi connectivity index (χ4n) is 0.918. The summed E-state index contributed by atoms with van der Waals surface area (Å²) in [4.78, 5) is 14.9. The quantitative estimate of drug-likeness (QED) is 0.748. The molecule has 0 unspecified atom stereocenters. The lowest BCUT2D eigenvalue weighted by Crippen LogP contribution is -2.13. The Bertz CT molecular complexity index is 341. The predicted octanol–water partition coefficient (Wildman–Crippen LogP) is 1.71. The minimum Gasteiger partial charge on any atom is -0.382 e. The first kappa shape index (κ1) is 10.8. The van der Waals surface area contributed by atoms with E-state index in [1.807, 2.05) is 6.92 Å². The van der Waals surface area contributed by atoms with E-state index in [1.54, 1.807) is 12.1 Å². The van der Waals surface area contributed by atoms with E-state index in [0.29, 0.717) is 23.1 Å². The van der Waals surface area contributed by atoms with Crippen LogP contribution in [0.2, 0.25) is 5.15 Å². The lowest BCUT2D eigenvalue weighted by Gasteiger charge is -2.06. The van der Waals surface area contributed by atoms with E-state index in [0.717, 1.165) is 0 Å². The summed E-state index contributed by atoms with van der Waals surface area (Å²) in [5.41, 5.74) is 6.22. The van der Waals surface area contributed by atoms with E-state index >= 15 is 0 Å². The van der Waals surface area contributed by atoms with Gasteiger partial charge in [0.2, 0.25) is 0 Å². The molecule has 1 aromatic heterocycles. The third kappa shape index (κ3) is 2.88. The Kier molecular flexibility index (Phi) is 3.71. The first-order valence-corrected chi connectivity index (χ1v) is 4.69. The second kappa shape index (κ2) is 4.81. The molecule has 0 fully saturated rings. The van der Waals surface area contributed by atoms with Crippen LogP contribution in [0.1, 0.15) is 13.3 Å². The third-order valence-corrected chi connectivity index (χ3v) is 1.97. The molecule has 1 rings (SSSR count). The molecule has 14 heavy (non-hydrogen) atoms. The van der Waals surface area contributed by atoms with E-state index in [4.69, 9.17) is 17.3 Å². The van der Waals surface area contributed by atoms with Crippen LogP contribution in [0.5, 0.6) is 0 Å². The maximum Gasteiger partial charge on any atom is 0.151 e. The largest absolute Gasteiger partial charge is 0.382 e. The highest BCUT2D eigenvalue weighted by atomic mass is 35.5. The molecule has 3 N–H and O–H groups in total. The predicted molar refractivity (Wildman–Crippen MR) is 57.4 cm³/mol. The van der Waals surface area contributed by atoms with Crippen LogP contribution >= 0.6 is 11.6 Å². The van der Waals surface area contributed by atoms with Crippen molar-refractivity contribution >= 4 is 28.9 Å². The van der Waals surface area contributed by atoms with Gasteiger partial charge in [-0.25, -0.2) is 4.98 Å². The van der Waals surface area contributed by atoms with Gasteiger partial charge in [-0.3, -0.25) is 4.79 Å². The molecule has 0 saturated heterocycles. The van der Waals surface area contributed by atoms with Gasteiger partial charge in [-0.05, 0) is 12.1 Å². The molecule has 0 radical (unpaired) electrons. The second-order valence-electron chi connectivity index (χ2n) is 2.81. The van der Waals surface area contributed by atoms with E-state index in [2.05, 4.69) is 10.3 Å². The molecule has 0 aliphatic rings. The fraction of sp³-hybridized carbons (Fsp3) is 0.333. The van der Waals surface area contributed by atoms with Crippen LogP contribution in [0, 0.1) is 0 Å². The van der Waals surface area contributed by atoms with Gasteiger partial charge in [-0.15, -0.1) is 0 Å². The van der Waals surface area contributed by atoms with Crippen LogP contribution in [0.4, 0.5) is 11.5 Å². The van der Waals surface area contributed by atoms with Crippen LogP contribution < -0.4 is 11.1 Å². The maximum absolute atomic E-state index is 11.0. The van der Waals surface area contributed by atoms with Gasteiger partial charge in [0, 0.05) is 6.42 Å². The molecule has 0 bridgehead atoms. The number of ketones is 1. The summed E-state index contributed by atoms with van der Waals surface area (Å²) in [5, 5.41) is 3.24. The van der Waals surface area contributed by atoms with Crippen LogP contribution in [0.25, 0.3) is 0 Å². The molecule has 1 heterocycles. The highest BCUT2D eigenvalue weighted by molar-refractivity contribution is 6.29. The monoisotopic (exact) mass is 213 g/mol. The fourth-order valence-corrected chi connectivity index (χ4v) is 1.07. The van der Waals surface area contributed by atoms with Crippen molar-refractivity contribution < 1.29 is 4.79 Å². The number of hydrogen-bond donors (Lipinski definition) is 2. The molecule has 0 aliphatic carbocycles. The average Bonchev–Trinajstić information content (AvgIpc) is 2.16. The van der Waals surface area contributed by atoms with E-state index < -0.39 is 0 Å². The second-order valence-corrected chi connectivity index (χ2v) is 3.20. The van der Waals surface area contributed by atoms with Crippen molar-refractivity contribution in [3.8, 4) is 0 Å². The number of rotatable bonds is 4. The minimum absolute atomic E-state index is 0.124. The van der Waals surface area contributed by atoms with Gasteiger partial charge < -0.3 is 11.1 Å². The van der Waals surface area contributed by atoms with Crippen molar-refractivity contribution in [1.29, 1.82) is 0 Å². The number of hydrogen-bond acceptors (Lipinski definition) is 4. The molecule has 5 heteroatoms. The lowest BCUT2D eigenvalue weighted by atomic mass is 10.3. The van der Waals surface area contributed by atoms with Crippen molar-refractivity contribution in [1.82, 2.24) is 4.98 Å². The zero-order chi connectivity index (χ0) is 10.6. The SMILES string of the molecule is CCC(=O)CNc1ccc(Cl)nc1N. The number of nitrogens with one attached hydrogen (secondary N) is 1. The number of carbonyl (C=O) groups is 1. The molecule has 4 nitrogen and oxygen atoms in total. The highest BCUT2D eigenvalue weighted by Crippen LogP contribution is 2.17. The van der Waals surface area contributed by atoms with Gasteiger partial charge in [0.1, 0.15) is 11.0 Å². The Labute approximate surface area is 87.5 Å². The van der Waals surface area contributed by atoms with Crippen molar-refractivity contribution in [2.45, 2.75) is 13.3 Å². The molecule has 0 aromatic carbocycles. The summed E-state index contributed by atoms with van der Waals surface area (Å²) in [6, 6.07) is 3.32. The summed E-state index contributed by atoms with van der Waals surface area (Å²) in [5.74, 6) is 0.431. The van der Waals surface area contributed by atoms with E-state index in [-0.39, 0.29) is 12.3 Å². The zero-order valence-electron chi connectivity index (χ0n) is 7.88. The van der Waals surface area contributed by atoms with Crippen LogP contribution in [0.3, 0.4) is 0 Å². The highest BCUT2D eigenvalue weighted by Gasteiger charge is 2.02. The Morgan fingerprint density at radius 3 is 2.93 bits per heavy atom. The summed E-state index contributed by atoms with van der Waals surface area (Å²) >= 11 is 5.62. The molecule has 0 atom stereocenters. The molecule has 76 valence electrons. The molecule has 0 spiro atoms. The third-order valence-electron chi connectivity index (χ3n) is 1.76. The Morgan fingerprint density at radius 1 is 1.64 bits per heavy atom. The molecular weight excluding hydrogens is 202 g/mol. The molecular formula is C9H12ClN3O. The van der Waals surface area contributed by atoms with Gasteiger partial charge in [0.15, 0.2) is 5.78 Å². The Morgan fingerprint density at radius 2 is 2.36 bits per heavy atom. The van der Waals surface area contributed by atoms with Crippen LogP contribution in [-0.4, -0.2) is 17.3 Å². The smallest absolute Gasteiger partial charge is 0.151 e. The normalized spacial score (nSPS) is 9.86. The summed E-state index contributed by atoms with van der Waals surface area (Å²) in [6.07, 6.45) is 0.508. The van der Waals surface area contributed by atoms with Gasteiger partial charge in [0.25, 0.3) is 0 Å². The van der Waals surface area contributed by atoms with Crippen molar-refractivity contribution in [2.75, 3.05) is 17.6 Å². The standard InChI is InChI=1S/C9H12ClN3O/c1-2-6(14)5-12-7-3-4-8(10)13-9(7)11/h3-4,12H,2,5H2,1H3,(H2,11,13). The summed E-state index contributed by atoms with van der Waals surface area (Å²) in [7, 11) is 0. The molecule has 0 saturated carbocycles. The van der Waals surface area contributed by atoms with Crippen molar-refractivity contribution in [3.05, 3.63) is 17.3 Å². The number of nitrogen functional groups attached to an aromatic ring is 1. The Balaban J connectivity index is 2.63.